The number of amides is 2. The molecule has 1 aliphatic carbocycles. The van der Waals surface area contributed by atoms with Gasteiger partial charge in [-0.05, 0) is 87.1 Å². The van der Waals surface area contributed by atoms with E-state index in [9.17, 15) is 19.5 Å². The number of hydrogen-bond acceptors (Lipinski definition) is 4. The minimum Gasteiger partial charge on any atom is -0.491 e. The first-order chi connectivity index (χ1) is 20.6. The molecule has 3 aromatic carbocycles. The number of aromatic carboxylic acids is 1. The fraction of sp³-hybridized carbons (Fsp3) is 0.343. The van der Waals surface area contributed by atoms with E-state index in [4.69, 9.17) is 4.74 Å². The van der Waals surface area contributed by atoms with E-state index in [1.54, 1.807) is 32.9 Å². The van der Waals surface area contributed by atoms with Crippen LogP contribution in [0.1, 0.15) is 83.7 Å². The van der Waals surface area contributed by atoms with Crippen molar-refractivity contribution in [3.63, 3.8) is 0 Å². The van der Waals surface area contributed by atoms with Gasteiger partial charge in [-0.25, -0.2) is 4.79 Å². The minimum absolute atomic E-state index is 0.111. The van der Waals surface area contributed by atoms with E-state index < -0.39 is 17.4 Å². The van der Waals surface area contributed by atoms with E-state index in [0.29, 0.717) is 35.9 Å². The van der Waals surface area contributed by atoms with Gasteiger partial charge in [-0.1, -0.05) is 43.5 Å². The van der Waals surface area contributed by atoms with Crippen LogP contribution in [0.4, 0.5) is 5.69 Å². The quantitative estimate of drug-likeness (QED) is 0.230. The number of fused-ring (bicyclic) bond motifs is 5. The molecule has 2 amide bonds. The summed E-state index contributed by atoms with van der Waals surface area (Å²) < 4.78 is 8.45. The fourth-order valence-electron chi connectivity index (χ4n) is 6.51. The number of para-hydroxylation sites is 1. The van der Waals surface area contributed by atoms with Crippen LogP contribution in [0.3, 0.4) is 0 Å². The van der Waals surface area contributed by atoms with Crippen molar-refractivity contribution in [2.75, 3.05) is 11.9 Å². The monoisotopic (exact) mass is 579 g/mol. The Morgan fingerprint density at radius 1 is 0.977 bits per heavy atom. The maximum atomic E-state index is 13.6. The van der Waals surface area contributed by atoms with Crippen molar-refractivity contribution in [3.05, 3.63) is 82.9 Å². The Kier molecular flexibility index (Phi) is 7.46. The summed E-state index contributed by atoms with van der Waals surface area (Å²) in [7, 11) is 0. The summed E-state index contributed by atoms with van der Waals surface area (Å²) >= 11 is 0. The Morgan fingerprint density at radius 2 is 1.74 bits per heavy atom. The number of aromatic nitrogens is 1. The second kappa shape index (κ2) is 11.2. The third-order valence-corrected chi connectivity index (χ3v) is 8.81. The van der Waals surface area contributed by atoms with Crippen molar-refractivity contribution in [3.8, 4) is 17.0 Å². The molecule has 0 saturated heterocycles. The minimum atomic E-state index is -1.27. The zero-order valence-corrected chi connectivity index (χ0v) is 24.8. The van der Waals surface area contributed by atoms with Crippen molar-refractivity contribution >= 4 is 34.4 Å². The number of aryl methyl sites for hydroxylation is 1. The van der Waals surface area contributed by atoms with Crippen LogP contribution in [-0.2, 0) is 11.3 Å². The molecule has 1 aromatic heterocycles. The lowest BCUT2D eigenvalue weighted by atomic mass is 9.81. The van der Waals surface area contributed by atoms with E-state index in [2.05, 4.69) is 27.3 Å². The summed E-state index contributed by atoms with van der Waals surface area (Å²) in [6.07, 6.45) is 5.99. The SMILES string of the molecule is Cc1ccc(NC(=O)C(C)(C)NC(=O)c2ccc3c(C4CCCCC4)c4n(c3c2)CCOc2ccccc2-4)cc1C(=O)O. The third-order valence-electron chi connectivity index (χ3n) is 8.81. The Balaban J connectivity index is 1.32. The molecule has 222 valence electrons. The van der Waals surface area contributed by atoms with Gasteiger partial charge < -0.3 is 25.0 Å². The summed E-state index contributed by atoms with van der Waals surface area (Å²) in [5.41, 5.74) is 4.87. The Labute approximate surface area is 251 Å². The average Bonchev–Trinajstić information content (AvgIpc) is 3.19. The number of benzene rings is 3. The number of ether oxygens (including phenoxy) is 1. The first-order valence-corrected chi connectivity index (χ1v) is 15.0. The number of nitrogens with zero attached hydrogens (tertiary/aromatic N) is 1. The predicted octanol–water partition coefficient (Wildman–Crippen LogP) is 6.90. The third kappa shape index (κ3) is 5.38. The molecule has 0 radical (unpaired) electrons. The van der Waals surface area contributed by atoms with Crippen molar-refractivity contribution in [2.45, 2.75) is 70.9 Å². The lowest BCUT2D eigenvalue weighted by Gasteiger charge is -2.25. The van der Waals surface area contributed by atoms with Crippen LogP contribution in [0.2, 0.25) is 0 Å². The van der Waals surface area contributed by atoms with Crippen molar-refractivity contribution < 1.29 is 24.2 Å². The molecule has 6 rings (SSSR count). The van der Waals surface area contributed by atoms with E-state index in [-0.39, 0.29) is 11.5 Å². The first kappa shape index (κ1) is 28.5. The Bertz CT molecular complexity index is 1750. The molecule has 3 N–H and O–H groups in total. The highest BCUT2D eigenvalue weighted by atomic mass is 16.5. The molecule has 2 heterocycles. The second-order valence-electron chi connectivity index (χ2n) is 12.2. The average molecular weight is 580 g/mol. The maximum Gasteiger partial charge on any atom is 0.336 e. The van der Waals surface area contributed by atoms with Gasteiger partial charge in [0.2, 0.25) is 5.91 Å². The molecule has 0 spiro atoms. The van der Waals surface area contributed by atoms with Crippen LogP contribution in [0.15, 0.2) is 60.7 Å². The van der Waals surface area contributed by atoms with E-state index in [0.717, 1.165) is 29.7 Å². The molecule has 0 bridgehead atoms. The zero-order chi connectivity index (χ0) is 30.3. The molecule has 1 aliphatic heterocycles. The van der Waals surface area contributed by atoms with Gasteiger partial charge in [0.1, 0.15) is 17.9 Å². The molecule has 0 unspecified atom stereocenters. The zero-order valence-electron chi connectivity index (χ0n) is 24.8. The summed E-state index contributed by atoms with van der Waals surface area (Å²) in [5.74, 6) is -0.550. The van der Waals surface area contributed by atoms with Gasteiger partial charge >= 0.3 is 5.97 Å². The Morgan fingerprint density at radius 3 is 2.51 bits per heavy atom. The number of carboxylic acid groups (broad SMARTS) is 1. The lowest BCUT2D eigenvalue weighted by molar-refractivity contribution is -0.120. The molecular weight excluding hydrogens is 542 g/mol. The number of carbonyl (C=O) groups is 3. The molecule has 1 saturated carbocycles. The molecular formula is C35H37N3O5. The molecule has 43 heavy (non-hydrogen) atoms. The standard InChI is InChI=1S/C35H37N3O5/c1-21-13-15-24(20-27(21)33(40)41)36-34(42)35(2,3)37-32(39)23-14-16-25-28(19-23)38-17-18-43-29-12-8-7-11-26(29)31(38)30(25)22-9-5-4-6-10-22/h7-8,11-16,19-20,22H,4-6,9-10,17-18H2,1-3H3,(H,36,42)(H,37,39)(H,40,41). The number of carbonyl (C=O) groups excluding carboxylic acids is 2. The van der Waals surface area contributed by atoms with Crippen LogP contribution in [0.25, 0.3) is 22.2 Å². The van der Waals surface area contributed by atoms with Gasteiger partial charge in [-0.15, -0.1) is 0 Å². The van der Waals surface area contributed by atoms with Gasteiger partial charge in [0.05, 0.1) is 17.8 Å². The number of nitrogens with one attached hydrogen (secondary N) is 2. The predicted molar refractivity (Wildman–Crippen MR) is 167 cm³/mol. The molecule has 2 aliphatic rings. The summed E-state index contributed by atoms with van der Waals surface area (Å²) in [6, 6.07) is 18.8. The van der Waals surface area contributed by atoms with Gasteiger partial charge in [0.25, 0.3) is 5.91 Å². The van der Waals surface area contributed by atoms with Gasteiger partial charge in [-0.3, -0.25) is 9.59 Å². The smallest absolute Gasteiger partial charge is 0.336 e. The maximum absolute atomic E-state index is 13.6. The van der Waals surface area contributed by atoms with Gasteiger partial charge in [-0.2, -0.15) is 0 Å². The lowest BCUT2D eigenvalue weighted by Crippen LogP contribution is -2.52. The summed E-state index contributed by atoms with van der Waals surface area (Å²) in [4.78, 5) is 38.3. The van der Waals surface area contributed by atoms with E-state index >= 15 is 0 Å². The second-order valence-corrected chi connectivity index (χ2v) is 12.2. The van der Waals surface area contributed by atoms with Crippen LogP contribution >= 0.6 is 0 Å². The van der Waals surface area contributed by atoms with E-state index in [1.807, 2.05) is 30.3 Å². The largest absolute Gasteiger partial charge is 0.491 e. The Hall–Kier alpha value is -4.59. The molecule has 0 atom stereocenters. The normalized spacial score (nSPS) is 15.1. The van der Waals surface area contributed by atoms with Gasteiger partial charge in [0.15, 0.2) is 0 Å². The molecule has 8 nitrogen and oxygen atoms in total. The number of rotatable bonds is 6. The fourth-order valence-corrected chi connectivity index (χ4v) is 6.51. The number of carboxylic acids is 1. The highest BCUT2D eigenvalue weighted by Gasteiger charge is 2.32. The van der Waals surface area contributed by atoms with Gasteiger partial charge in [0, 0.05) is 27.7 Å². The summed E-state index contributed by atoms with van der Waals surface area (Å²) in [5, 5.41) is 16.2. The van der Waals surface area contributed by atoms with Crippen molar-refractivity contribution in [2.24, 2.45) is 0 Å². The van der Waals surface area contributed by atoms with Crippen molar-refractivity contribution in [1.82, 2.24) is 9.88 Å². The number of anilines is 1. The van der Waals surface area contributed by atoms with E-state index in [1.165, 1.54) is 42.0 Å². The molecule has 8 heteroatoms. The number of hydrogen-bond donors (Lipinski definition) is 3. The van der Waals surface area contributed by atoms with Crippen LogP contribution in [0.5, 0.6) is 5.75 Å². The highest BCUT2D eigenvalue weighted by Crippen LogP contribution is 2.47. The summed E-state index contributed by atoms with van der Waals surface area (Å²) in [6.45, 7) is 6.16. The van der Waals surface area contributed by atoms with Crippen LogP contribution in [-0.4, -0.2) is 39.6 Å². The van der Waals surface area contributed by atoms with Crippen molar-refractivity contribution in [1.29, 1.82) is 0 Å². The topological polar surface area (TPSA) is 110 Å². The molecule has 4 aromatic rings. The van der Waals surface area contributed by atoms with Crippen LogP contribution < -0.4 is 15.4 Å². The highest BCUT2D eigenvalue weighted by molar-refractivity contribution is 6.05. The van der Waals surface area contributed by atoms with Crippen LogP contribution in [0, 0.1) is 6.92 Å². The first-order valence-electron chi connectivity index (χ1n) is 15.0. The molecule has 1 fully saturated rings.